The molecule has 0 unspecified atom stereocenters. The highest BCUT2D eigenvalue weighted by atomic mass is 16.5. The van der Waals surface area contributed by atoms with E-state index in [1.807, 2.05) is 0 Å². The van der Waals surface area contributed by atoms with Gasteiger partial charge in [-0.3, -0.25) is 14.4 Å². The molecule has 0 aliphatic heterocycles. The van der Waals surface area contributed by atoms with Crippen LogP contribution in [0.2, 0.25) is 0 Å². The van der Waals surface area contributed by atoms with Crippen LogP contribution in [-0.4, -0.2) is 36.7 Å². The number of amides is 2. The molecular weight excluding hydrogens is 216 g/mol. The number of hydrogen-bond acceptors (Lipinski definition) is 5. The maximum Gasteiger partial charge on any atom is 0.407 e. The molecule has 88 valence electrons. The SMILES string of the molecule is COC(=O)N[C@H]1C(=O)CCC(=O)[C@H]1C(N)=O. The number of alkyl carbamates (subject to hydrolysis) is 1. The maximum atomic E-state index is 11.5. The van der Waals surface area contributed by atoms with Gasteiger partial charge in [-0.2, -0.15) is 0 Å². The minimum Gasteiger partial charge on any atom is -0.453 e. The second-order valence-corrected chi connectivity index (χ2v) is 3.43. The summed E-state index contributed by atoms with van der Waals surface area (Å²) < 4.78 is 4.30. The molecule has 2 atom stereocenters. The van der Waals surface area contributed by atoms with Crippen molar-refractivity contribution < 1.29 is 23.9 Å². The van der Waals surface area contributed by atoms with Gasteiger partial charge in [0, 0.05) is 12.8 Å². The summed E-state index contributed by atoms with van der Waals surface area (Å²) in [6.45, 7) is 0. The Morgan fingerprint density at radius 1 is 1.31 bits per heavy atom. The first-order chi connectivity index (χ1) is 7.47. The molecule has 1 aliphatic rings. The molecule has 1 rings (SSSR count). The number of Topliss-reactive ketones (excluding diaryl/α,β-unsaturated/α-hetero) is 2. The minimum absolute atomic E-state index is 0.00270. The predicted octanol–water partition coefficient (Wildman–Crippen LogP) is -1.26. The smallest absolute Gasteiger partial charge is 0.407 e. The summed E-state index contributed by atoms with van der Waals surface area (Å²) in [6.07, 6.45) is -0.900. The van der Waals surface area contributed by atoms with E-state index in [0.29, 0.717) is 0 Å². The predicted molar refractivity (Wildman–Crippen MR) is 51.3 cm³/mol. The summed E-state index contributed by atoms with van der Waals surface area (Å²) in [7, 11) is 1.11. The van der Waals surface area contributed by atoms with Crippen LogP contribution in [0, 0.1) is 5.92 Å². The van der Waals surface area contributed by atoms with Gasteiger partial charge in [0.15, 0.2) is 5.78 Å². The topological polar surface area (TPSA) is 116 Å². The van der Waals surface area contributed by atoms with Crippen molar-refractivity contribution in [1.29, 1.82) is 0 Å². The summed E-state index contributed by atoms with van der Waals surface area (Å²) in [5, 5.41) is 2.15. The van der Waals surface area contributed by atoms with E-state index in [-0.39, 0.29) is 12.8 Å². The highest BCUT2D eigenvalue weighted by molar-refractivity contribution is 6.10. The first-order valence-electron chi connectivity index (χ1n) is 4.66. The second-order valence-electron chi connectivity index (χ2n) is 3.43. The van der Waals surface area contributed by atoms with E-state index in [9.17, 15) is 19.2 Å². The Hall–Kier alpha value is -1.92. The maximum absolute atomic E-state index is 11.5. The van der Waals surface area contributed by atoms with Gasteiger partial charge in [0.25, 0.3) is 0 Å². The van der Waals surface area contributed by atoms with Gasteiger partial charge in [0.2, 0.25) is 5.91 Å². The van der Waals surface area contributed by atoms with Crippen LogP contribution in [0.3, 0.4) is 0 Å². The Balaban J connectivity index is 2.89. The summed E-state index contributed by atoms with van der Waals surface area (Å²) in [6, 6.07) is -1.20. The van der Waals surface area contributed by atoms with Gasteiger partial charge in [-0.15, -0.1) is 0 Å². The average Bonchev–Trinajstić information content (AvgIpc) is 2.22. The number of carbonyl (C=O) groups excluding carboxylic acids is 4. The van der Waals surface area contributed by atoms with E-state index < -0.39 is 35.5 Å². The fourth-order valence-electron chi connectivity index (χ4n) is 1.60. The molecule has 0 aromatic heterocycles. The number of ether oxygens (including phenoxy) is 1. The number of nitrogens with two attached hydrogens (primary N) is 1. The fraction of sp³-hybridized carbons (Fsp3) is 0.556. The van der Waals surface area contributed by atoms with Crippen molar-refractivity contribution >= 4 is 23.6 Å². The zero-order chi connectivity index (χ0) is 12.3. The van der Waals surface area contributed by atoms with Gasteiger partial charge in [-0.1, -0.05) is 0 Å². The lowest BCUT2D eigenvalue weighted by molar-refractivity contribution is -0.141. The lowest BCUT2D eigenvalue weighted by Crippen LogP contribution is -2.55. The molecule has 3 N–H and O–H groups in total. The highest BCUT2D eigenvalue weighted by Crippen LogP contribution is 2.18. The van der Waals surface area contributed by atoms with Crippen LogP contribution in [0.1, 0.15) is 12.8 Å². The van der Waals surface area contributed by atoms with Crippen LogP contribution in [-0.2, 0) is 19.1 Å². The minimum atomic E-state index is -1.29. The van der Waals surface area contributed by atoms with E-state index in [1.165, 1.54) is 0 Å². The molecule has 1 saturated carbocycles. The van der Waals surface area contributed by atoms with Crippen molar-refractivity contribution in [1.82, 2.24) is 5.32 Å². The number of rotatable bonds is 2. The van der Waals surface area contributed by atoms with Crippen molar-refractivity contribution in [2.24, 2.45) is 11.7 Å². The molecule has 1 aliphatic carbocycles. The lowest BCUT2D eigenvalue weighted by Gasteiger charge is -2.26. The zero-order valence-corrected chi connectivity index (χ0v) is 8.69. The molecule has 7 nitrogen and oxygen atoms in total. The molecule has 0 saturated heterocycles. The van der Waals surface area contributed by atoms with Gasteiger partial charge in [0.1, 0.15) is 17.7 Å². The van der Waals surface area contributed by atoms with E-state index >= 15 is 0 Å². The Kier molecular flexibility index (Phi) is 3.60. The van der Waals surface area contributed by atoms with Crippen LogP contribution in [0.4, 0.5) is 4.79 Å². The van der Waals surface area contributed by atoms with Gasteiger partial charge in [-0.05, 0) is 0 Å². The molecule has 2 amide bonds. The first kappa shape index (κ1) is 12.2. The third-order valence-corrected chi connectivity index (χ3v) is 2.41. The van der Waals surface area contributed by atoms with Crippen LogP contribution >= 0.6 is 0 Å². The largest absolute Gasteiger partial charge is 0.453 e. The van der Waals surface area contributed by atoms with Crippen molar-refractivity contribution in [3.63, 3.8) is 0 Å². The Bertz CT molecular complexity index is 352. The van der Waals surface area contributed by atoms with Crippen molar-refractivity contribution in [3.8, 4) is 0 Å². The van der Waals surface area contributed by atoms with E-state index in [0.717, 1.165) is 7.11 Å². The van der Waals surface area contributed by atoms with Gasteiger partial charge in [-0.25, -0.2) is 4.79 Å². The Morgan fingerprint density at radius 3 is 2.38 bits per heavy atom. The van der Waals surface area contributed by atoms with Crippen LogP contribution in [0.25, 0.3) is 0 Å². The summed E-state index contributed by atoms with van der Waals surface area (Å²) >= 11 is 0. The molecule has 0 spiro atoms. The summed E-state index contributed by atoms with van der Waals surface area (Å²) in [4.78, 5) is 44.9. The Labute approximate surface area is 91.3 Å². The van der Waals surface area contributed by atoms with Crippen LogP contribution < -0.4 is 11.1 Å². The van der Waals surface area contributed by atoms with Crippen LogP contribution in [0.15, 0.2) is 0 Å². The normalized spacial score (nSPS) is 25.1. The third-order valence-electron chi connectivity index (χ3n) is 2.41. The molecule has 0 aromatic carbocycles. The van der Waals surface area contributed by atoms with Crippen LogP contribution in [0.5, 0.6) is 0 Å². The monoisotopic (exact) mass is 228 g/mol. The van der Waals surface area contributed by atoms with Crippen molar-refractivity contribution in [3.05, 3.63) is 0 Å². The van der Waals surface area contributed by atoms with Gasteiger partial charge in [0.05, 0.1) is 7.11 Å². The standard InChI is InChI=1S/C9H12N2O5/c1-16-9(15)11-7-5(13)3-2-4(12)6(7)8(10)14/h6-7H,2-3H2,1H3,(H2,10,14)(H,11,15)/t6-,7+/m1/s1. The van der Waals surface area contributed by atoms with E-state index in [4.69, 9.17) is 5.73 Å². The molecule has 0 aromatic rings. The molecular formula is C9H12N2O5. The fourth-order valence-corrected chi connectivity index (χ4v) is 1.60. The zero-order valence-electron chi connectivity index (χ0n) is 8.69. The number of carbonyl (C=O) groups is 4. The van der Waals surface area contributed by atoms with Crippen molar-refractivity contribution in [2.75, 3.05) is 7.11 Å². The quantitative estimate of drug-likeness (QED) is 0.572. The van der Waals surface area contributed by atoms with Crippen molar-refractivity contribution in [2.45, 2.75) is 18.9 Å². The third kappa shape index (κ3) is 2.36. The van der Waals surface area contributed by atoms with Gasteiger partial charge >= 0.3 is 6.09 Å². The molecule has 0 radical (unpaired) electrons. The first-order valence-corrected chi connectivity index (χ1v) is 4.66. The Morgan fingerprint density at radius 2 is 1.88 bits per heavy atom. The number of hydrogen-bond donors (Lipinski definition) is 2. The lowest BCUT2D eigenvalue weighted by atomic mass is 9.82. The van der Waals surface area contributed by atoms with Gasteiger partial charge < -0.3 is 15.8 Å². The average molecular weight is 228 g/mol. The van der Waals surface area contributed by atoms with E-state index in [1.54, 1.807) is 0 Å². The molecule has 1 fully saturated rings. The number of primary amides is 1. The number of ketones is 2. The molecule has 7 heteroatoms. The number of methoxy groups -OCH3 is 1. The second kappa shape index (κ2) is 4.73. The highest BCUT2D eigenvalue weighted by Gasteiger charge is 2.42. The molecule has 16 heavy (non-hydrogen) atoms. The van der Waals surface area contributed by atoms with E-state index in [2.05, 4.69) is 10.1 Å². The molecule has 0 heterocycles. The summed E-state index contributed by atoms with van der Waals surface area (Å²) in [5.41, 5.74) is 5.02. The molecule has 0 bridgehead atoms. The summed E-state index contributed by atoms with van der Waals surface area (Å²) in [5.74, 6) is -3.04. The number of nitrogens with one attached hydrogen (secondary N) is 1.